The number of nitrogens with one attached hydrogen (secondary N) is 2. The van der Waals surface area contributed by atoms with Crippen LogP contribution in [0.2, 0.25) is 5.02 Å². The molecule has 1 aromatic heterocycles. The summed E-state index contributed by atoms with van der Waals surface area (Å²) in [6.45, 7) is 0.224. The number of anilines is 1. The van der Waals surface area contributed by atoms with Gasteiger partial charge in [0.25, 0.3) is 0 Å². The van der Waals surface area contributed by atoms with Gasteiger partial charge in [-0.25, -0.2) is 0 Å². The number of nitrogens with zero attached hydrogens (tertiary/aromatic N) is 1. The van der Waals surface area contributed by atoms with Crippen LogP contribution in [0.25, 0.3) is 0 Å². The van der Waals surface area contributed by atoms with Crippen molar-refractivity contribution in [2.75, 3.05) is 11.4 Å². The number of amides is 3. The Morgan fingerprint density at radius 3 is 2.75 bits per heavy atom. The van der Waals surface area contributed by atoms with Gasteiger partial charge in [0.2, 0.25) is 11.8 Å². The summed E-state index contributed by atoms with van der Waals surface area (Å²) < 4.78 is 4.92. The lowest BCUT2D eigenvalue weighted by Crippen LogP contribution is -2.45. The van der Waals surface area contributed by atoms with Gasteiger partial charge < -0.3 is 9.32 Å². The van der Waals surface area contributed by atoms with Crippen LogP contribution < -0.4 is 15.8 Å². The number of hydrogen-bond donors (Lipinski definition) is 2. The molecule has 3 amide bonds. The Bertz CT molecular complexity index is 775. The first-order valence-electron chi connectivity index (χ1n) is 7.24. The molecule has 8 heteroatoms. The van der Waals surface area contributed by atoms with Crippen molar-refractivity contribution in [1.29, 1.82) is 0 Å². The van der Waals surface area contributed by atoms with Crippen LogP contribution in [0.1, 0.15) is 17.0 Å². The molecule has 3 rings (SSSR count). The van der Waals surface area contributed by atoms with Crippen molar-refractivity contribution in [3.05, 3.63) is 53.4 Å². The van der Waals surface area contributed by atoms with E-state index in [0.717, 1.165) is 0 Å². The number of hydrogen-bond acceptors (Lipinski definition) is 4. The Balaban J connectivity index is 1.59. The van der Waals surface area contributed by atoms with Gasteiger partial charge in [-0.15, -0.1) is 0 Å². The zero-order valence-corrected chi connectivity index (χ0v) is 13.2. The average Bonchev–Trinajstić information content (AvgIpc) is 3.22. The van der Waals surface area contributed by atoms with Gasteiger partial charge in [0.1, 0.15) is 0 Å². The van der Waals surface area contributed by atoms with E-state index in [1.165, 1.54) is 17.2 Å². The maximum absolute atomic E-state index is 12.1. The van der Waals surface area contributed by atoms with Crippen LogP contribution >= 0.6 is 11.6 Å². The highest BCUT2D eigenvalue weighted by molar-refractivity contribution is 6.31. The summed E-state index contributed by atoms with van der Waals surface area (Å²) in [6, 6.07) is 9.90. The summed E-state index contributed by atoms with van der Waals surface area (Å²) in [5, 5.41) is 0.513. The molecule has 1 atom stereocenters. The Hall–Kier alpha value is -2.80. The molecule has 7 nitrogen and oxygen atoms in total. The lowest BCUT2D eigenvalue weighted by molar-refractivity contribution is -0.126. The molecular formula is C16H14ClN3O4. The highest BCUT2D eigenvalue weighted by Gasteiger charge is 2.35. The number of carbonyl (C=O) groups excluding carboxylic acids is 3. The van der Waals surface area contributed by atoms with Gasteiger partial charge in [0, 0.05) is 23.7 Å². The quantitative estimate of drug-likeness (QED) is 0.827. The van der Waals surface area contributed by atoms with Gasteiger partial charge in [-0.05, 0) is 30.3 Å². The molecule has 1 aliphatic heterocycles. The molecule has 124 valence electrons. The van der Waals surface area contributed by atoms with Crippen molar-refractivity contribution >= 4 is 35.0 Å². The van der Waals surface area contributed by atoms with Gasteiger partial charge in [0.15, 0.2) is 5.76 Å². The fourth-order valence-electron chi connectivity index (χ4n) is 2.47. The van der Waals surface area contributed by atoms with E-state index in [9.17, 15) is 14.4 Å². The maximum Gasteiger partial charge on any atom is 0.305 e. The largest absolute Gasteiger partial charge is 0.459 e. The summed E-state index contributed by atoms with van der Waals surface area (Å²) in [4.78, 5) is 37.5. The fourth-order valence-corrected chi connectivity index (χ4v) is 2.65. The van der Waals surface area contributed by atoms with Gasteiger partial charge in [0.05, 0.1) is 12.2 Å². The van der Waals surface area contributed by atoms with E-state index in [2.05, 4.69) is 10.9 Å². The standard InChI is InChI=1S/C16H14ClN3O4/c17-11-3-1-4-12(8-11)20-9-10(7-14(20)21)15(22)18-19-16(23)13-5-2-6-24-13/h1-6,8,10H,7,9H2,(H,18,22)(H,19,23). The van der Waals surface area contributed by atoms with E-state index in [1.807, 2.05) is 0 Å². The second-order valence-corrected chi connectivity index (χ2v) is 5.74. The van der Waals surface area contributed by atoms with Crippen LogP contribution in [-0.4, -0.2) is 24.3 Å². The van der Waals surface area contributed by atoms with Crippen LogP contribution in [0.15, 0.2) is 47.1 Å². The SMILES string of the molecule is O=C(NNC(=O)C1CC(=O)N(c2cccc(Cl)c2)C1)c1ccco1. The lowest BCUT2D eigenvalue weighted by Gasteiger charge is -2.17. The average molecular weight is 348 g/mol. The molecule has 2 heterocycles. The first kappa shape index (κ1) is 16.1. The van der Waals surface area contributed by atoms with Gasteiger partial charge in [-0.3, -0.25) is 25.2 Å². The topological polar surface area (TPSA) is 91.7 Å². The second kappa shape index (κ2) is 6.76. The Labute approximate surface area is 142 Å². The van der Waals surface area contributed by atoms with E-state index >= 15 is 0 Å². The number of furan rings is 1. The summed E-state index contributed by atoms with van der Waals surface area (Å²) >= 11 is 5.93. The molecule has 2 N–H and O–H groups in total. The number of benzene rings is 1. The van der Waals surface area contributed by atoms with E-state index in [-0.39, 0.29) is 24.6 Å². The normalized spacial score (nSPS) is 17.0. The molecule has 0 spiro atoms. The predicted molar refractivity (Wildman–Crippen MR) is 86.2 cm³/mol. The first-order chi connectivity index (χ1) is 11.5. The molecule has 0 saturated carbocycles. The van der Waals surface area contributed by atoms with Crippen molar-refractivity contribution in [2.45, 2.75) is 6.42 Å². The Kier molecular flexibility index (Phi) is 4.52. The number of halogens is 1. The smallest absolute Gasteiger partial charge is 0.305 e. The maximum atomic E-state index is 12.1. The first-order valence-corrected chi connectivity index (χ1v) is 7.62. The molecule has 1 aromatic carbocycles. The van der Waals surface area contributed by atoms with Gasteiger partial charge in [-0.2, -0.15) is 0 Å². The minimum atomic E-state index is -0.565. The highest BCUT2D eigenvalue weighted by atomic mass is 35.5. The van der Waals surface area contributed by atoms with Crippen LogP contribution in [0, 0.1) is 5.92 Å². The lowest BCUT2D eigenvalue weighted by atomic mass is 10.1. The predicted octanol–water partition coefficient (Wildman–Crippen LogP) is 1.75. The van der Waals surface area contributed by atoms with Crippen LogP contribution in [0.5, 0.6) is 0 Å². The van der Waals surface area contributed by atoms with Crippen LogP contribution in [0.3, 0.4) is 0 Å². The zero-order chi connectivity index (χ0) is 17.1. The summed E-state index contributed by atoms with van der Waals surface area (Å²) in [5.74, 6) is -1.65. The molecule has 1 aliphatic rings. The third-order valence-corrected chi connectivity index (χ3v) is 3.89. The van der Waals surface area contributed by atoms with Gasteiger partial charge >= 0.3 is 5.91 Å². The molecule has 1 saturated heterocycles. The minimum Gasteiger partial charge on any atom is -0.459 e. The van der Waals surface area contributed by atoms with E-state index in [1.54, 1.807) is 30.3 Å². The van der Waals surface area contributed by atoms with Crippen molar-refractivity contribution in [3.63, 3.8) is 0 Å². The van der Waals surface area contributed by atoms with Crippen molar-refractivity contribution < 1.29 is 18.8 Å². The summed E-state index contributed by atoms with van der Waals surface area (Å²) in [5.41, 5.74) is 5.21. The third kappa shape index (κ3) is 3.41. The fraction of sp³-hybridized carbons (Fsp3) is 0.188. The zero-order valence-electron chi connectivity index (χ0n) is 12.5. The monoisotopic (exact) mass is 347 g/mol. The summed E-state index contributed by atoms with van der Waals surface area (Å²) in [6.07, 6.45) is 1.42. The van der Waals surface area contributed by atoms with Crippen molar-refractivity contribution in [1.82, 2.24) is 10.9 Å². The molecule has 1 fully saturated rings. The Morgan fingerprint density at radius 2 is 2.04 bits per heavy atom. The summed E-state index contributed by atoms with van der Waals surface area (Å²) in [7, 11) is 0. The van der Waals surface area contributed by atoms with E-state index < -0.39 is 17.7 Å². The van der Waals surface area contributed by atoms with E-state index in [4.69, 9.17) is 16.0 Å². The van der Waals surface area contributed by atoms with Crippen LogP contribution in [0.4, 0.5) is 5.69 Å². The minimum absolute atomic E-state index is 0.0645. The van der Waals surface area contributed by atoms with Crippen LogP contribution in [-0.2, 0) is 9.59 Å². The molecule has 1 unspecified atom stereocenters. The molecule has 0 aliphatic carbocycles. The molecule has 24 heavy (non-hydrogen) atoms. The molecule has 2 aromatic rings. The van der Waals surface area contributed by atoms with Crippen molar-refractivity contribution in [3.8, 4) is 0 Å². The number of rotatable bonds is 3. The third-order valence-electron chi connectivity index (χ3n) is 3.66. The Morgan fingerprint density at radius 1 is 1.21 bits per heavy atom. The van der Waals surface area contributed by atoms with Gasteiger partial charge in [-0.1, -0.05) is 17.7 Å². The molecular weight excluding hydrogens is 334 g/mol. The van der Waals surface area contributed by atoms with E-state index in [0.29, 0.717) is 10.7 Å². The molecule has 0 bridgehead atoms. The number of hydrazine groups is 1. The highest BCUT2D eigenvalue weighted by Crippen LogP contribution is 2.27. The van der Waals surface area contributed by atoms with Crippen molar-refractivity contribution in [2.24, 2.45) is 5.92 Å². The number of carbonyl (C=O) groups is 3. The second-order valence-electron chi connectivity index (χ2n) is 5.31. The molecule has 0 radical (unpaired) electrons.